The summed E-state index contributed by atoms with van der Waals surface area (Å²) in [5.41, 5.74) is 8.91. The minimum atomic E-state index is -0.0734. The molecule has 2 N–H and O–H groups in total. The number of rotatable bonds is 4. The van der Waals surface area contributed by atoms with Gasteiger partial charge in [0, 0.05) is 13.1 Å². The zero-order chi connectivity index (χ0) is 14.5. The second-order valence-electron chi connectivity index (χ2n) is 4.72. The van der Waals surface area contributed by atoms with Crippen LogP contribution in [0.15, 0.2) is 42.6 Å². The Morgan fingerprint density at radius 1 is 1.24 bits per heavy atom. The lowest BCUT2D eigenvalue weighted by Crippen LogP contribution is -2.31. The van der Waals surface area contributed by atoms with Crippen LogP contribution >= 0.6 is 12.4 Å². The lowest BCUT2D eigenvalue weighted by molar-refractivity contribution is 0.0746. The van der Waals surface area contributed by atoms with E-state index >= 15 is 0 Å². The van der Waals surface area contributed by atoms with Gasteiger partial charge in [0.2, 0.25) is 0 Å². The largest absolute Gasteiger partial charge is 0.397 e. The highest BCUT2D eigenvalue weighted by Crippen LogP contribution is 2.13. The van der Waals surface area contributed by atoms with E-state index in [1.54, 1.807) is 17.0 Å². The molecule has 1 amide bonds. The first-order valence-electron chi connectivity index (χ1n) is 6.67. The number of aryl methyl sites for hydroxylation is 1. The number of nitrogens with zero attached hydrogens (tertiary/aromatic N) is 2. The van der Waals surface area contributed by atoms with E-state index in [1.807, 2.05) is 25.1 Å². The van der Waals surface area contributed by atoms with Crippen molar-refractivity contribution in [1.29, 1.82) is 0 Å². The van der Waals surface area contributed by atoms with Crippen LogP contribution in [0, 0.1) is 6.92 Å². The van der Waals surface area contributed by atoms with Crippen LogP contribution in [0.5, 0.6) is 0 Å². The smallest absolute Gasteiger partial charge is 0.272 e. The maximum Gasteiger partial charge on any atom is 0.272 e. The standard InChI is InChI=1S/C16H19N3O.ClH/c1-3-19(11-13-7-5-4-6-12(13)2)16(20)15-9-8-14(17)10-18-15;/h4-10H,3,11,17H2,1-2H3;1H. The van der Waals surface area contributed by atoms with Gasteiger partial charge in [-0.3, -0.25) is 4.79 Å². The summed E-state index contributed by atoms with van der Waals surface area (Å²) in [4.78, 5) is 18.3. The molecular formula is C16H20ClN3O. The third kappa shape index (κ3) is 4.20. The van der Waals surface area contributed by atoms with Crippen LogP contribution in [0.4, 0.5) is 5.69 Å². The van der Waals surface area contributed by atoms with Crippen molar-refractivity contribution in [2.45, 2.75) is 20.4 Å². The van der Waals surface area contributed by atoms with Crippen LogP contribution < -0.4 is 5.73 Å². The van der Waals surface area contributed by atoms with Crippen molar-refractivity contribution < 1.29 is 4.79 Å². The van der Waals surface area contributed by atoms with E-state index < -0.39 is 0 Å². The lowest BCUT2D eigenvalue weighted by Gasteiger charge is -2.21. The molecule has 0 spiro atoms. The molecule has 5 heteroatoms. The van der Waals surface area contributed by atoms with Gasteiger partial charge < -0.3 is 10.6 Å². The minimum absolute atomic E-state index is 0. The van der Waals surface area contributed by atoms with Gasteiger partial charge in [-0.2, -0.15) is 0 Å². The van der Waals surface area contributed by atoms with E-state index in [9.17, 15) is 4.79 Å². The number of anilines is 1. The molecule has 0 aliphatic rings. The van der Waals surface area contributed by atoms with Crippen LogP contribution in [0.25, 0.3) is 0 Å². The summed E-state index contributed by atoms with van der Waals surface area (Å²) >= 11 is 0. The van der Waals surface area contributed by atoms with Gasteiger partial charge in [0.15, 0.2) is 0 Å². The minimum Gasteiger partial charge on any atom is -0.397 e. The van der Waals surface area contributed by atoms with E-state index in [0.717, 1.165) is 5.56 Å². The molecule has 0 fully saturated rings. The first-order valence-corrected chi connectivity index (χ1v) is 6.67. The first kappa shape index (κ1) is 17.0. The molecule has 4 nitrogen and oxygen atoms in total. The van der Waals surface area contributed by atoms with Crippen molar-refractivity contribution in [2.24, 2.45) is 0 Å². The first-order chi connectivity index (χ1) is 9.61. The molecule has 0 radical (unpaired) electrons. The Balaban J connectivity index is 0.00000220. The van der Waals surface area contributed by atoms with Crippen LogP contribution in [0.3, 0.4) is 0 Å². The number of carbonyl (C=O) groups is 1. The summed E-state index contributed by atoms with van der Waals surface area (Å²) in [5.74, 6) is -0.0734. The van der Waals surface area contributed by atoms with E-state index in [0.29, 0.717) is 24.5 Å². The third-order valence-electron chi connectivity index (χ3n) is 3.30. The summed E-state index contributed by atoms with van der Waals surface area (Å²) in [6.07, 6.45) is 1.51. The number of benzene rings is 1. The number of carbonyl (C=O) groups excluding carboxylic acids is 1. The summed E-state index contributed by atoms with van der Waals surface area (Å²) in [6.45, 7) is 5.25. The number of nitrogen functional groups attached to an aromatic ring is 1. The predicted molar refractivity (Wildman–Crippen MR) is 87.5 cm³/mol. The fraction of sp³-hybridized carbons (Fsp3) is 0.250. The number of halogens is 1. The van der Waals surface area contributed by atoms with Crippen molar-refractivity contribution in [1.82, 2.24) is 9.88 Å². The Bertz CT molecular complexity index is 599. The van der Waals surface area contributed by atoms with Crippen LogP contribution in [0.1, 0.15) is 28.5 Å². The zero-order valence-corrected chi connectivity index (χ0v) is 13.1. The Labute approximate surface area is 131 Å². The number of hydrogen-bond acceptors (Lipinski definition) is 3. The summed E-state index contributed by atoms with van der Waals surface area (Å²) in [6, 6.07) is 11.4. The molecule has 0 unspecified atom stereocenters. The zero-order valence-electron chi connectivity index (χ0n) is 12.2. The van der Waals surface area contributed by atoms with Crippen LogP contribution in [-0.2, 0) is 6.54 Å². The van der Waals surface area contributed by atoms with Crippen molar-refractivity contribution in [2.75, 3.05) is 12.3 Å². The molecule has 2 rings (SSSR count). The molecular weight excluding hydrogens is 286 g/mol. The van der Waals surface area contributed by atoms with Gasteiger partial charge in [-0.15, -0.1) is 12.4 Å². The molecule has 1 aromatic carbocycles. The molecule has 0 aliphatic carbocycles. The highest BCUT2D eigenvalue weighted by Gasteiger charge is 2.16. The fourth-order valence-corrected chi connectivity index (χ4v) is 2.01. The van der Waals surface area contributed by atoms with Crippen molar-refractivity contribution in [3.63, 3.8) is 0 Å². The molecule has 0 saturated heterocycles. The monoisotopic (exact) mass is 305 g/mol. The Hall–Kier alpha value is -2.07. The van der Waals surface area contributed by atoms with Gasteiger partial charge >= 0.3 is 0 Å². The second kappa shape index (κ2) is 7.64. The highest BCUT2D eigenvalue weighted by molar-refractivity contribution is 5.92. The Morgan fingerprint density at radius 2 is 1.95 bits per heavy atom. The maximum atomic E-state index is 12.4. The molecule has 0 saturated carbocycles. The van der Waals surface area contributed by atoms with Crippen LogP contribution in [-0.4, -0.2) is 22.3 Å². The SMILES string of the molecule is CCN(Cc1ccccc1C)C(=O)c1ccc(N)cn1.Cl. The lowest BCUT2D eigenvalue weighted by atomic mass is 10.1. The third-order valence-corrected chi connectivity index (χ3v) is 3.30. The molecule has 21 heavy (non-hydrogen) atoms. The van der Waals surface area contributed by atoms with E-state index in [-0.39, 0.29) is 18.3 Å². The second-order valence-corrected chi connectivity index (χ2v) is 4.72. The molecule has 1 aromatic heterocycles. The van der Waals surface area contributed by atoms with E-state index in [1.165, 1.54) is 11.8 Å². The number of hydrogen-bond donors (Lipinski definition) is 1. The average Bonchev–Trinajstić information content (AvgIpc) is 2.46. The average molecular weight is 306 g/mol. The molecule has 112 valence electrons. The van der Waals surface area contributed by atoms with Gasteiger partial charge in [-0.25, -0.2) is 4.98 Å². The maximum absolute atomic E-state index is 12.4. The number of aromatic nitrogens is 1. The molecule has 1 heterocycles. The highest BCUT2D eigenvalue weighted by atomic mass is 35.5. The molecule has 0 aliphatic heterocycles. The number of amides is 1. The van der Waals surface area contributed by atoms with E-state index in [4.69, 9.17) is 5.73 Å². The number of nitrogens with two attached hydrogens (primary N) is 1. The van der Waals surface area contributed by atoms with Gasteiger partial charge in [-0.1, -0.05) is 24.3 Å². The predicted octanol–water partition coefficient (Wildman–Crippen LogP) is 3.06. The van der Waals surface area contributed by atoms with Crippen molar-refractivity contribution >= 4 is 24.0 Å². The van der Waals surface area contributed by atoms with Gasteiger partial charge in [0.05, 0.1) is 11.9 Å². The van der Waals surface area contributed by atoms with Gasteiger partial charge in [0.1, 0.15) is 5.69 Å². The van der Waals surface area contributed by atoms with Gasteiger partial charge in [-0.05, 0) is 37.1 Å². The summed E-state index contributed by atoms with van der Waals surface area (Å²) in [7, 11) is 0. The quantitative estimate of drug-likeness (QED) is 0.944. The van der Waals surface area contributed by atoms with Gasteiger partial charge in [0.25, 0.3) is 5.91 Å². The van der Waals surface area contributed by atoms with Crippen LogP contribution in [0.2, 0.25) is 0 Å². The molecule has 2 aromatic rings. The Morgan fingerprint density at radius 3 is 2.52 bits per heavy atom. The molecule has 0 atom stereocenters. The van der Waals surface area contributed by atoms with E-state index in [2.05, 4.69) is 18.0 Å². The Kier molecular flexibility index (Phi) is 6.18. The summed E-state index contributed by atoms with van der Waals surface area (Å²) in [5, 5.41) is 0. The molecule has 0 bridgehead atoms. The fourth-order valence-electron chi connectivity index (χ4n) is 2.01. The normalized spacial score (nSPS) is 9.81. The summed E-state index contributed by atoms with van der Waals surface area (Å²) < 4.78 is 0. The topological polar surface area (TPSA) is 59.2 Å². The number of pyridine rings is 1. The van der Waals surface area contributed by atoms with Crippen molar-refractivity contribution in [3.8, 4) is 0 Å². The van der Waals surface area contributed by atoms with Crippen molar-refractivity contribution in [3.05, 3.63) is 59.4 Å².